The van der Waals surface area contributed by atoms with Crippen LogP contribution in [0.5, 0.6) is 0 Å². The molecule has 1 saturated carbocycles. The van der Waals surface area contributed by atoms with E-state index >= 15 is 0 Å². The van der Waals surface area contributed by atoms with Crippen molar-refractivity contribution in [2.45, 2.75) is 50.5 Å². The summed E-state index contributed by atoms with van der Waals surface area (Å²) < 4.78 is 5.75. The Morgan fingerprint density at radius 3 is 2.80 bits per heavy atom. The maximum Gasteiger partial charge on any atom is 0.220 e. The highest BCUT2D eigenvalue weighted by Crippen LogP contribution is 2.25. The molecule has 1 heterocycles. The topological polar surface area (TPSA) is 75.8 Å². The van der Waals surface area contributed by atoms with Crippen LogP contribution in [0.2, 0.25) is 0 Å². The second-order valence-electron chi connectivity index (χ2n) is 6.47. The standard InChI is InChI=1S/C15H28N2O3/c16-14(18)10-15(19)6-3-7-17(12-15)8-9-20-11-13-4-1-2-5-13/h13,19H,1-12H2,(H2,16,18). The molecule has 20 heavy (non-hydrogen) atoms. The lowest BCUT2D eigenvalue weighted by molar-refractivity contribution is -0.125. The molecule has 5 heteroatoms. The average Bonchev–Trinajstić information content (AvgIpc) is 2.86. The first-order valence-corrected chi connectivity index (χ1v) is 7.88. The lowest BCUT2D eigenvalue weighted by Crippen LogP contribution is -2.50. The van der Waals surface area contributed by atoms with E-state index in [4.69, 9.17) is 10.5 Å². The minimum absolute atomic E-state index is 0.0619. The predicted molar refractivity (Wildman–Crippen MR) is 77.2 cm³/mol. The Kier molecular flexibility index (Phi) is 5.81. The highest BCUT2D eigenvalue weighted by molar-refractivity contribution is 5.75. The van der Waals surface area contributed by atoms with Crippen LogP contribution in [0.3, 0.4) is 0 Å². The summed E-state index contributed by atoms with van der Waals surface area (Å²) >= 11 is 0. The van der Waals surface area contributed by atoms with Crippen molar-refractivity contribution < 1.29 is 14.6 Å². The molecule has 0 aromatic carbocycles. The highest BCUT2D eigenvalue weighted by Gasteiger charge is 2.34. The predicted octanol–water partition coefficient (Wildman–Crippen LogP) is 0.895. The number of aliphatic hydroxyl groups is 1. The number of rotatable bonds is 7. The number of β-amino-alcohol motifs (C(OH)–C–C–N with tert-alkyl or cyclic N) is 1. The van der Waals surface area contributed by atoms with Gasteiger partial charge in [-0.15, -0.1) is 0 Å². The Morgan fingerprint density at radius 1 is 1.35 bits per heavy atom. The number of ether oxygens (including phenoxy) is 1. The number of likely N-dealkylation sites (tertiary alicyclic amines) is 1. The SMILES string of the molecule is NC(=O)CC1(O)CCCN(CCOCC2CCCC2)C1. The molecule has 2 fully saturated rings. The molecular weight excluding hydrogens is 256 g/mol. The van der Waals surface area contributed by atoms with Crippen molar-refractivity contribution in [3.8, 4) is 0 Å². The van der Waals surface area contributed by atoms with Crippen LogP contribution in [0, 0.1) is 5.92 Å². The summed E-state index contributed by atoms with van der Waals surface area (Å²) in [6.07, 6.45) is 6.94. The van der Waals surface area contributed by atoms with Crippen LogP contribution in [-0.4, -0.2) is 54.4 Å². The molecule has 2 rings (SSSR count). The van der Waals surface area contributed by atoms with E-state index in [1.54, 1.807) is 0 Å². The fraction of sp³-hybridized carbons (Fsp3) is 0.933. The van der Waals surface area contributed by atoms with Crippen LogP contribution in [0.15, 0.2) is 0 Å². The number of primary amides is 1. The monoisotopic (exact) mass is 284 g/mol. The van der Waals surface area contributed by atoms with E-state index in [1.807, 2.05) is 0 Å². The van der Waals surface area contributed by atoms with Gasteiger partial charge >= 0.3 is 0 Å². The molecule has 3 N–H and O–H groups in total. The quantitative estimate of drug-likeness (QED) is 0.681. The number of carbonyl (C=O) groups is 1. The smallest absolute Gasteiger partial charge is 0.220 e. The van der Waals surface area contributed by atoms with Crippen LogP contribution in [-0.2, 0) is 9.53 Å². The molecule has 1 aliphatic carbocycles. The minimum Gasteiger partial charge on any atom is -0.388 e. The molecule has 1 atom stereocenters. The van der Waals surface area contributed by atoms with Gasteiger partial charge in [0.1, 0.15) is 0 Å². The number of piperidine rings is 1. The van der Waals surface area contributed by atoms with Gasteiger partial charge in [-0.1, -0.05) is 12.8 Å². The Morgan fingerprint density at radius 2 is 2.10 bits per heavy atom. The second-order valence-corrected chi connectivity index (χ2v) is 6.47. The number of amides is 1. The molecule has 0 bridgehead atoms. The molecule has 0 aromatic rings. The molecular formula is C15H28N2O3. The van der Waals surface area contributed by atoms with E-state index in [9.17, 15) is 9.90 Å². The summed E-state index contributed by atoms with van der Waals surface area (Å²) in [5.41, 5.74) is 4.27. The summed E-state index contributed by atoms with van der Waals surface area (Å²) in [4.78, 5) is 13.2. The zero-order chi connectivity index (χ0) is 14.4. The van der Waals surface area contributed by atoms with E-state index in [-0.39, 0.29) is 6.42 Å². The largest absolute Gasteiger partial charge is 0.388 e. The molecule has 1 aliphatic heterocycles. The lowest BCUT2D eigenvalue weighted by Gasteiger charge is -2.38. The fourth-order valence-electron chi connectivity index (χ4n) is 3.49. The Hall–Kier alpha value is -0.650. The lowest BCUT2D eigenvalue weighted by atomic mass is 9.89. The van der Waals surface area contributed by atoms with E-state index in [2.05, 4.69) is 4.90 Å². The minimum atomic E-state index is -0.935. The zero-order valence-corrected chi connectivity index (χ0v) is 12.4. The first-order chi connectivity index (χ1) is 9.57. The average molecular weight is 284 g/mol. The summed E-state index contributed by atoms with van der Waals surface area (Å²) in [5, 5.41) is 10.4. The second kappa shape index (κ2) is 7.38. The zero-order valence-electron chi connectivity index (χ0n) is 12.4. The van der Waals surface area contributed by atoms with E-state index in [0.29, 0.717) is 19.6 Å². The summed E-state index contributed by atoms with van der Waals surface area (Å²) in [6, 6.07) is 0. The third kappa shape index (κ3) is 5.04. The van der Waals surface area contributed by atoms with Crippen molar-refractivity contribution in [2.75, 3.05) is 32.8 Å². The van der Waals surface area contributed by atoms with Gasteiger partial charge in [-0.25, -0.2) is 0 Å². The van der Waals surface area contributed by atoms with Gasteiger partial charge in [0.15, 0.2) is 0 Å². The number of hydrogen-bond donors (Lipinski definition) is 2. The summed E-state index contributed by atoms with van der Waals surface area (Å²) in [5.74, 6) is 0.329. The normalized spacial score (nSPS) is 28.9. The van der Waals surface area contributed by atoms with Crippen LogP contribution in [0.4, 0.5) is 0 Å². The van der Waals surface area contributed by atoms with Crippen LogP contribution < -0.4 is 5.73 Å². The molecule has 0 aromatic heterocycles. The van der Waals surface area contributed by atoms with Gasteiger partial charge in [0.25, 0.3) is 0 Å². The third-order valence-electron chi connectivity index (χ3n) is 4.52. The Bertz CT molecular complexity index is 318. The van der Waals surface area contributed by atoms with Crippen molar-refractivity contribution in [1.82, 2.24) is 4.90 Å². The van der Waals surface area contributed by atoms with Crippen LogP contribution >= 0.6 is 0 Å². The Labute approximate surface area is 121 Å². The summed E-state index contributed by atoms with van der Waals surface area (Å²) in [6.45, 7) is 3.91. The van der Waals surface area contributed by atoms with E-state index < -0.39 is 11.5 Å². The molecule has 1 amide bonds. The molecule has 0 radical (unpaired) electrons. The maximum absolute atomic E-state index is 11.0. The third-order valence-corrected chi connectivity index (χ3v) is 4.52. The number of nitrogens with zero attached hydrogens (tertiary/aromatic N) is 1. The van der Waals surface area contributed by atoms with Crippen molar-refractivity contribution in [3.05, 3.63) is 0 Å². The van der Waals surface area contributed by atoms with Gasteiger partial charge in [0, 0.05) is 19.7 Å². The first kappa shape index (κ1) is 15.7. The fourth-order valence-corrected chi connectivity index (χ4v) is 3.49. The number of nitrogens with two attached hydrogens (primary N) is 1. The molecule has 1 unspecified atom stereocenters. The van der Waals surface area contributed by atoms with Crippen molar-refractivity contribution in [3.63, 3.8) is 0 Å². The van der Waals surface area contributed by atoms with Gasteiger partial charge in [-0.05, 0) is 38.1 Å². The van der Waals surface area contributed by atoms with Crippen molar-refractivity contribution >= 4 is 5.91 Å². The number of carbonyl (C=O) groups excluding carboxylic acids is 1. The maximum atomic E-state index is 11.0. The van der Waals surface area contributed by atoms with Crippen LogP contribution in [0.1, 0.15) is 44.9 Å². The van der Waals surface area contributed by atoms with Crippen molar-refractivity contribution in [1.29, 1.82) is 0 Å². The highest BCUT2D eigenvalue weighted by atomic mass is 16.5. The Balaban J connectivity index is 1.63. The van der Waals surface area contributed by atoms with Gasteiger partial charge in [0.2, 0.25) is 5.91 Å². The van der Waals surface area contributed by atoms with Crippen LogP contribution in [0.25, 0.3) is 0 Å². The van der Waals surface area contributed by atoms with E-state index in [0.717, 1.165) is 32.0 Å². The van der Waals surface area contributed by atoms with E-state index in [1.165, 1.54) is 25.7 Å². The molecule has 1 saturated heterocycles. The molecule has 116 valence electrons. The summed E-state index contributed by atoms with van der Waals surface area (Å²) in [7, 11) is 0. The first-order valence-electron chi connectivity index (χ1n) is 7.88. The number of hydrogen-bond acceptors (Lipinski definition) is 4. The van der Waals surface area contributed by atoms with Gasteiger partial charge in [-0.2, -0.15) is 0 Å². The molecule has 0 spiro atoms. The van der Waals surface area contributed by atoms with Crippen molar-refractivity contribution in [2.24, 2.45) is 11.7 Å². The molecule has 2 aliphatic rings. The van der Waals surface area contributed by atoms with Gasteiger partial charge in [-0.3, -0.25) is 9.69 Å². The molecule has 5 nitrogen and oxygen atoms in total. The van der Waals surface area contributed by atoms with Gasteiger partial charge < -0.3 is 15.6 Å². The van der Waals surface area contributed by atoms with Gasteiger partial charge in [0.05, 0.1) is 18.6 Å².